The van der Waals surface area contributed by atoms with Crippen LogP contribution < -0.4 is 5.32 Å². The lowest BCUT2D eigenvalue weighted by atomic mass is 10.1. The summed E-state index contributed by atoms with van der Waals surface area (Å²) in [5.41, 5.74) is 0.440. The molecule has 8 heteroatoms. The fourth-order valence-corrected chi connectivity index (χ4v) is 3.31. The van der Waals surface area contributed by atoms with Gasteiger partial charge in [0.1, 0.15) is 12.1 Å². The van der Waals surface area contributed by atoms with Crippen molar-refractivity contribution in [2.24, 2.45) is 0 Å². The van der Waals surface area contributed by atoms with Crippen LogP contribution in [0.4, 0.5) is 4.79 Å². The molecule has 1 N–H and O–H groups in total. The number of urea groups is 1. The third-order valence-electron chi connectivity index (χ3n) is 4.98. The summed E-state index contributed by atoms with van der Waals surface area (Å²) in [4.78, 5) is 51.0. The Bertz CT molecular complexity index is 782. The molecule has 0 aliphatic carbocycles. The number of hydrogen-bond acceptors (Lipinski definition) is 5. The van der Waals surface area contributed by atoms with Crippen LogP contribution in [0.2, 0.25) is 0 Å². The van der Waals surface area contributed by atoms with Crippen LogP contribution in [0.15, 0.2) is 24.3 Å². The van der Waals surface area contributed by atoms with E-state index in [2.05, 4.69) is 5.32 Å². The smallest absolute Gasteiger partial charge is 0.325 e. The summed E-state index contributed by atoms with van der Waals surface area (Å²) in [6.07, 6.45) is 2.02. The van der Waals surface area contributed by atoms with Gasteiger partial charge in [-0.05, 0) is 44.4 Å². The number of carbonyl (C=O) groups excluding carboxylic acids is 4. The molecule has 2 saturated heterocycles. The Balaban J connectivity index is 1.45. The lowest BCUT2D eigenvalue weighted by Crippen LogP contribution is -2.40. The van der Waals surface area contributed by atoms with E-state index in [9.17, 15) is 19.2 Å². The minimum atomic E-state index is -0.949. The van der Waals surface area contributed by atoms with Crippen LogP contribution in [0, 0.1) is 0 Å². The fourth-order valence-electron chi connectivity index (χ4n) is 3.31. The number of benzene rings is 1. The van der Waals surface area contributed by atoms with E-state index in [1.807, 2.05) is 4.90 Å². The summed E-state index contributed by atoms with van der Waals surface area (Å²) in [6.45, 7) is 4.88. The van der Waals surface area contributed by atoms with Crippen molar-refractivity contribution in [3.63, 3.8) is 0 Å². The number of imide groups is 1. The van der Waals surface area contributed by atoms with Crippen LogP contribution in [0.5, 0.6) is 0 Å². The Morgan fingerprint density at radius 3 is 2.32 bits per heavy atom. The molecule has 150 valence electrons. The SMILES string of the molecule is CC1(C)NC(=O)N(CCC(=O)OCc2ccc(C(=O)N3CCCC3)cc2)C1=O. The van der Waals surface area contributed by atoms with Gasteiger partial charge < -0.3 is 15.0 Å². The van der Waals surface area contributed by atoms with E-state index in [-0.39, 0.29) is 31.4 Å². The Morgan fingerprint density at radius 1 is 1.11 bits per heavy atom. The van der Waals surface area contributed by atoms with Crippen LogP contribution in [-0.4, -0.2) is 58.8 Å². The van der Waals surface area contributed by atoms with Gasteiger partial charge >= 0.3 is 12.0 Å². The number of likely N-dealkylation sites (tertiary alicyclic amines) is 1. The van der Waals surface area contributed by atoms with Crippen molar-refractivity contribution in [1.29, 1.82) is 0 Å². The monoisotopic (exact) mass is 387 g/mol. The van der Waals surface area contributed by atoms with Gasteiger partial charge in [-0.2, -0.15) is 0 Å². The first kappa shape index (κ1) is 19.9. The van der Waals surface area contributed by atoms with Gasteiger partial charge in [0.05, 0.1) is 6.42 Å². The highest BCUT2D eigenvalue weighted by Gasteiger charge is 2.44. The number of rotatable bonds is 6. The number of esters is 1. The van der Waals surface area contributed by atoms with E-state index in [0.29, 0.717) is 5.56 Å². The number of nitrogens with zero attached hydrogens (tertiary/aromatic N) is 2. The number of amides is 4. The van der Waals surface area contributed by atoms with Gasteiger partial charge in [-0.3, -0.25) is 19.3 Å². The molecule has 3 rings (SSSR count). The van der Waals surface area contributed by atoms with Gasteiger partial charge in [0, 0.05) is 25.2 Å². The fraction of sp³-hybridized carbons (Fsp3) is 0.500. The van der Waals surface area contributed by atoms with Gasteiger partial charge in [-0.1, -0.05) is 12.1 Å². The minimum Gasteiger partial charge on any atom is -0.461 e. The average Bonchev–Trinajstić information content (AvgIpc) is 3.26. The summed E-state index contributed by atoms with van der Waals surface area (Å²) < 4.78 is 5.21. The molecule has 2 aliphatic heterocycles. The lowest BCUT2D eigenvalue weighted by molar-refractivity contribution is -0.145. The number of nitrogens with one attached hydrogen (secondary N) is 1. The molecule has 1 aromatic rings. The van der Waals surface area contributed by atoms with Crippen molar-refractivity contribution < 1.29 is 23.9 Å². The van der Waals surface area contributed by atoms with E-state index >= 15 is 0 Å². The summed E-state index contributed by atoms with van der Waals surface area (Å²) in [5, 5.41) is 2.56. The maximum absolute atomic E-state index is 12.3. The standard InChI is InChI=1S/C20H25N3O5/c1-20(2)18(26)23(19(27)21-20)12-9-16(24)28-13-14-5-7-15(8-6-14)17(25)22-10-3-4-11-22/h5-8H,3-4,9-13H2,1-2H3,(H,21,27). The average molecular weight is 387 g/mol. The highest BCUT2D eigenvalue weighted by atomic mass is 16.5. The predicted molar refractivity (Wildman–Crippen MR) is 100 cm³/mol. The van der Waals surface area contributed by atoms with Crippen LogP contribution >= 0.6 is 0 Å². The van der Waals surface area contributed by atoms with Gasteiger partial charge in [-0.25, -0.2) is 4.79 Å². The first-order chi connectivity index (χ1) is 13.3. The van der Waals surface area contributed by atoms with Gasteiger partial charge in [-0.15, -0.1) is 0 Å². The van der Waals surface area contributed by atoms with Crippen molar-refractivity contribution in [3.8, 4) is 0 Å². The van der Waals surface area contributed by atoms with E-state index in [0.717, 1.165) is 36.4 Å². The molecule has 8 nitrogen and oxygen atoms in total. The number of carbonyl (C=O) groups is 4. The summed E-state index contributed by atoms with van der Waals surface area (Å²) >= 11 is 0. The predicted octanol–water partition coefficient (Wildman–Crippen LogP) is 1.69. The molecular formula is C20H25N3O5. The van der Waals surface area contributed by atoms with Crippen LogP contribution in [0.3, 0.4) is 0 Å². The second-order valence-electron chi connectivity index (χ2n) is 7.62. The lowest BCUT2D eigenvalue weighted by Gasteiger charge is -2.16. The van der Waals surface area contributed by atoms with Gasteiger partial charge in [0.25, 0.3) is 11.8 Å². The van der Waals surface area contributed by atoms with Crippen LogP contribution in [-0.2, 0) is 20.9 Å². The van der Waals surface area contributed by atoms with Gasteiger partial charge in [0.15, 0.2) is 0 Å². The molecule has 0 radical (unpaired) electrons. The van der Waals surface area contributed by atoms with E-state index in [4.69, 9.17) is 4.74 Å². The zero-order valence-corrected chi connectivity index (χ0v) is 16.2. The van der Waals surface area contributed by atoms with Crippen molar-refractivity contribution in [3.05, 3.63) is 35.4 Å². The topological polar surface area (TPSA) is 96.0 Å². The first-order valence-electron chi connectivity index (χ1n) is 9.46. The molecule has 2 fully saturated rings. The molecule has 0 bridgehead atoms. The summed E-state index contributed by atoms with van der Waals surface area (Å²) in [5.74, 6) is -0.830. The first-order valence-corrected chi connectivity index (χ1v) is 9.46. The molecule has 0 unspecified atom stereocenters. The molecule has 0 atom stereocenters. The molecule has 28 heavy (non-hydrogen) atoms. The Labute approximate surface area is 163 Å². The molecule has 4 amide bonds. The second-order valence-corrected chi connectivity index (χ2v) is 7.62. The molecular weight excluding hydrogens is 362 g/mol. The Morgan fingerprint density at radius 2 is 1.75 bits per heavy atom. The van der Waals surface area contributed by atoms with Crippen molar-refractivity contribution in [2.75, 3.05) is 19.6 Å². The molecule has 0 aromatic heterocycles. The molecule has 1 aromatic carbocycles. The van der Waals surface area contributed by atoms with Crippen molar-refractivity contribution in [1.82, 2.24) is 15.1 Å². The van der Waals surface area contributed by atoms with Crippen LogP contribution in [0.25, 0.3) is 0 Å². The quantitative estimate of drug-likeness (QED) is 0.592. The van der Waals surface area contributed by atoms with Crippen molar-refractivity contribution in [2.45, 2.75) is 45.3 Å². The van der Waals surface area contributed by atoms with Crippen molar-refractivity contribution >= 4 is 23.8 Å². The summed E-state index contributed by atoms with van der Waals surface area (Å²) in [6, 6.07) is 6.49. The third kappa shape index (κ3) is 4.32. The third-order valence-corrected chi connectivity index (χ3v) is 4.98. The minimum absolute atomic E-state index is 0.0177. The maximum Gasteiger partial charge on any atom is 0.325 e. The van der Waals surface area contributed by atoms with Gasteiger partial charge in [0.2, 0.25) is 0 Å². The second kappa shape index (κ2) is 8.00. The van der Waals surface area contributed by atoms with Crippen LogP contribution in [0.1, 0.15) is 49.0 Å². The zero-order chi connectivity index (χ0) is 20.3. The normalized spacial score (nSPS) is 18.4. The number of ether oxygens (including phenoxy) is 1. The molecule has 2 aliphatic rings. The summed E-state index contributed by atoms with van der Waals surface area (Å²) in [7, 11) is 0. The Hall–Kier alpha value is -2.90. The van der Waals surface area contributed by atoms with E-state index < -0.39 is 17.5 Å². The highest BCUT2D eigenvalue weighted by Crippen LogP contribution is 2.17. The Kier molecular flexibility index (Phi) is 5.67. The largest absolute Gasteiger partial charge is 0.461 e. The maximum atomic E-state index is 12.3. The highest BCUT2D eigenvalue weighted by molar-refractivity contribution is 6.06. The molecule has 0 spiro atoms. The number of hydrogen-bond donors (Lipinski definition) is 1. The van der Waals surface area contributed by atoms with E-state index in [1.54, 1.807) is 38.1 Å². The molecule has 2 heterocycles. The zero-order valence-electron chi connectivity index (χ0n) is 16.2. The van der Waals surface area contributed by atoms with E-state index in [1.165, 1.54) is 0 Å². The molecule has 0 saturated carbocycles.